The normalized spacial score (nSPS) is 11.9. The third-order valence-corrected chi connectivity index (χ3v) is 9.79. The van der Waals surface area contributed by atoms with Gasteiger partial charge in [-0.05, 0) is 25.2 Å². The number of carbonyl (C=O) groups excluding carboxylic acids is 3. The molecule has 0 aromatic rings. The Hall–Kier alpha value is -1.59. The monoisotopic (exact) mass is 709 g/mol. The van der Waals surface area contributed by atoms with Crippen LogP contribution in [-0.2, 0) is 28.6 Å². The van der Waals surface area contributed by atoms with Crippen molar-refractivity contribution in [1.82, 2.24) is 0 Å². The second-order valence-corrected chi connectivity index (χ2v) is 15.5. The molecule has 296 valence electrons. The van der Waals surface area contributed by atoms with Crippen molar-refractivity contribution in [3.05, 3.63) is 0 Å². The minimum absolute atomic E-state index is 0.0645. The van der Waals surface area contributed by atoms with E-state index >= 15 is 0 Å². The molecule has 0 aliphatic rings. The molecule has 0 fully saturated rings. The second kappa shape index (κ2) is 38.6. The number of rotatable bonds is 39. The smallest absolute Gasteiger partial charge is 0.306 e. The molecule has 0 heterocycles. The van der Waals surface area contributed by atoms with Crippen molar-refractivity contribution >= 4 is 17.9 Å². The van der Waals surface area contributed by atoms with Gasteiger partial charge in [-0.3, -0.25) is 14.4 Å². The van der Waals surface area contributed by atoms with E-state index in [9.17, 15) is 14.4 Å². The van der Waals surface area contributed by atoms with Crippen molar-refractivity contribution in [3.63, 3.8) is 0 Å². The summed E-state index contributed by atoms with van der Waals surface area (Å²) in [6.45, 7) is 8.93. The lowest BCUT2D eigenvalue weighted by atomic mass is 10.0. The van der Waals surface area contributed by atoms with Crippen LogP contribution in [0, 0.1) is 5.92 Å². The highest BCUT2D eigenvalue weighted by molar-refractivity contribution is 5.71. The molecule has 0 aromatic carbocycles. The summed E-state index contributed by atoms with van der Waals surface area (Å²) in [5, 5.41) is 0. The fourth-order valence-electron chi connectivity index (χ4n) is 6.45. The average Bonchev–Trinajstić information content (AvgIpc) is 3.09. The van der Waals surface area contributed by atoms with E-state index in [-0.39, 0.29) is 31.1 Å². The number of carbonyl (C=O) groups is 3. The fraction of sp³-hybridized carbons (Fsp3) is 0.932. The molecule has 0 rings (SSSR count). The molecule has 0 aliphatic heterocycles. The molecule has 0 radical (unpaired) electrons. The Balaban J connectivity index is 4.33. The van der Waals surface area contributed by atoms with Crippen LogP contribution in [0.4, 0.5) is 0 Å². The van der Waals surface area contributed by atoms with Crippen LogP contribution in [0.1, 0.15) is 240 Å². The van der Waals surface area contributed by atoms with Gasteiger partial charge in [0.2, 0.25) is 0 Å². The van der Waals surface area contributed by atoms with E-state index in [0.29, 0.717) is 19.3 Å². The summed E-state index contributed by atoms with van der Waals surface area (Å²) in [5.74, 6) is -0.0675. The molecule has 6 nitrogen and oxygen atoms in total. The van der Waals surface area contributed by atoms with Crippen molar-refractivity contribution < 1.29 is 28.6 Å². The van der Waals surface area contributed by atoms with Crippen LogP contribution in [0.25, 0.3) is 0 Å². The number of unbranched alkanes of at least 4 members (excludes halogenated alkanes) is 26. The van der Waals surface area contributed by atoms with Gasteiger partial charge >= 0.3 is 17.9 Å². The maximum atomic E-state index is 12.7. The summed E-state index contributed by atoms with van der Waals surface area (Å²) < 4.78 is 16.7. The molecule has 0 bridgehead atoms. The van der Waals surface area contributed by atoms with Crippen LogP contribution in [0.5, 0.6) is 0 Å². The molecule has 0 unspecified atom stereocenters. The molecule has 0 amide bonds. The first-order valence-electron chi connectivity index (χ1n) is 21.9. The van der Waals surface area contributed by atoms with Crippen LogP contribution < -0.4 is 0 Å². The predicted molar refractivity (Wildman–Crippen MR) is 210 cm³/mol. The lowest BCUT2D eigenvalue weighted by Gasteiger charge is -2.18. The summed E-state index contributed by atoms with van der Waals surface area (Å²) >= 11 is 0. The highest BCUT2D eigenvalue weighted by Crippen LogP contribution is 2.16. The molecule has 0 N–H and O–H groups in total. The molecule has 0 aromatic heterocycles. The van der Waals surface area contributed by atoms with Crippen molar-refractivity contribution in [1.29, 1.82) is 0 Å². The molecular formula is C44H84O6. The zero-order valence-electron chi connectivity index (χ0n) is 33.9. The largest absolute Gasteiger partial charge is 0.462 e. The van der Waals surface area contributed by atoms with E-state index in [0.717, 1.165) is 63.7 Å². The lowest BCUT2D eigenvalue weighted by Crippen LogP contribution is -2.30. The average molecular weight is 709 g/mol. The van der Waals surface area contributed by atoms with Gasteiger partial charge in [0.25, 0.3) is 0 Å². The standard InChI is InChI=1S/C44H84O6/c1-5-7-9-11-13-15-16-17-19-24-28-32-36-43(46)49-39-41(38-48-42(45)35-31-27-23-18-14-12-10-8-6-2)50-44(47)37-33-29-25-21-20-22-26-30-34-40(3)4/h40-41H,5-39H2,1-4H3/t41-/m0/s1. The van der Waals surface area contributed by atoms with Crippen LogP contribution in [0.15, 0.2) is 0 Å². The van der Waals surface area contributed by atoms with E-state index in [4.69, 9.17) is 14.2 Å². The molecule has 0 saturated heterocycles. The highest BCUT2D eigenvalue weighted by atomic mass is 16.6. The Kier molecular flexibility index (Phi) is 37.4. The first-order valence-corrected chi connectivity index (χ1v) is 21.9. The summed E-state index contributed by atoms with van der Waals surface area (Å²) in [4.78, 5) is 37.6. The van der Waals surface area contributed by atoms with Crippen molar-refractivity contribution in [2.24, 2.45) is 5.92 Å². The van der Waals surface area contributed by atoms with E-state index in [1.807, 2.05) is 0 Å². The third kappa shape index (κ3) is 37.7. The van der Waals surface area contributed by atoms with Crippen molar-refractivity contribution in [2.75, 3.05) is 13.2 Å². The first kappa shape index (κ1) is 48.4. The van der Waals surface area contributed by atoms with Crippen LogP contribution in [0.2, 0.25) is 0 Å². The molecule has 50 heavy (non-hydrogen) atoms. The van der Waals surface area contributed by atoms with Crippen LogP contribution in [-0.4, -0.2) is 37.2 Å². The Bertz CT molecular complexity index is 751. The van der Waals surface area contributed by atoms with Gasteiger partial charge in [0.05, 0.1) is 0 Å². The number of ether oxygens (including phenoxy) is 3. The van der Waals surface area contributed by atoms with Crippen molar-refractivity contribution in [3.8, 4) is 0 Å². The highest BCUT2D eigenvalue weighted by Gasteiger charge is 2.19. The van der Waals surface area contributed by atoms with Crippen molar-refractivity contribution in [2.45, 2.75) is 246 Å². The van der Waals surface area contributed by atoms with Gasteiger partial charge in [-0.1, -0.05) is 201 Å². The Morgan fingerprint density at radius 1 is 0.380 bits per heavy atom. The minimum atomic E-state index is -0.758. The minimum Gasteiger partial charge on any atom is -0.462 e. The van der Waals surface area contributed by atoms with Crippen LogP contribution in [0.3, 0.4) is 0 Å². The molecule has 0 aliphatic carbocycles. The third-order valence-electron chi connectivity index (χ3n) is 9.79. The SMILES string of the molecule is CCCCCCCCCCCCCCC(=O)OC[C@H](COC(=O)CCCCCCCCCCC)OC(=O)CCCCCCCCCCC(C)C. The van der Waals surface area contributed by atoms with Gasteiger partial charge in [-0.2, -0.15) is 0 Å². The van der Waals surface area contributed by atoms with Gasteiger partial charge in [0, 0.05) is 19.3 Å². The Morgan fingerprint density at radius 3 is 0.980 bits per heavy atom. The summed E-state index contributed by atoms with van der Waals surface area (Å²) in [7, 11) is 0. The number of hydrogen-bond donors (Lipinski definition) is 0. The van der Waals surface area contributed by atoms with E-state index in [2.05, 4.69) is 27.7 Å². The maximum Gasteiger partial charge on any atom is 0.306 e. The molecule has 0 spiro atoms. The van der Waals surface area contributed by atoms with E-state index in [1.165, 1.54) is 135 Å². The zero-order chi connectivity index (χ0) is 36.8. The Labute approximate surface area is 310 Å². The van der Waals surface area contributed by atoms with Gasteiger partial charge in [-0.25, -0.2) is 0 Å². The number of esters is 3. The van der Waals surface area contributed by atoms with Gasteiger partial charge < -0.3 is 14.2 Å². The lowest BCUT2D eigenvalue weighted by molar-refractivity contribution is -0.167. The van der Waals surface area contributed by atoms with E-state index in [1.54, 1.807) is 0 Å². The Morgan fingerprint density at radius 2 is 0.660 bits per heavy atom. The quantitative estimate of drug-likeness (QED) is 0.0359. The molecular weight excluding hydrogens is 624 g/mol. The predicted octanol–water partition coefficient (Wildman–Crippen LogP) is 13.6. The van der Waals surface area contributed by atoms with Crippen LogP contribution >= 0.6 is 0 Å². The molecule has 0 saturated carbocycles. The van der Waals surface area contributed by atoms with Gasteiger partial charge in [0.15, 0.2) is 6.10 Å². The van der Waals surface area contributed by atoms with Gasteiger partial charge in [0.1, 0.15) is 13.2 Å². The molecule has 6 heteroatoms. The summed E-state index contributed by atoms with van der Waals surface area (Å²) in [6.07, 6.45) is 36.6. The first-order chi connectivity index (χ1) is 24.4. The molecule has 1 atom stereocenters. The summed E-state index contributed by atoms with van der Waals surface area (Å²) in [6, 6.07) is 0. The van der Waals surface area contributed by atoms with E-state index < -0.39 is 6.10 Å². The fourth-order valence-corrected chi connectivity index (χ4v) is 6.45. The topological polar surface area (TPSA) is 78.9 Å². The summed E-state index contributed by atoms with van der Waals surface area (Å²) in [5.41, 5.74) is 0. The van der Waals surface area contributed by atoms with Gasteiger partial charge in [-0.15, -0.1) is 0 Å². The maximum absolute atomic E-state index is 12.7. The second-order valence-electron chi connectivity index (χ2n) is 15.5. The number of hydrogen-bond acceptors (Lipinski definition) is 6. The zero-order valence-corrected chi connectivity index (χ0v) is 33.9.